The predicted octanol–water partition coefficient (Wildman–Crippen LogP) is 2.25. The lowest BCUT2D eigenvalue weighted by Crippen LogP contribution is -2.45. The standard InChI is InChI=1S/C15H21NO4/c1-3-6-20-13-9-12(10-16-11-13)14(17)15(18-2)4-7-19-8-5-15/h9-11H,3-8H2,1-2H3. The molecule has 0 amide bonds. The van der Waals surface area contributed by atoms with Gasteiger partial charge in [-0.25, -0.2) is 0 Å². The largest absolute Gasteiger partial charge is 0.492 e. The topological polar surface area (TPSA) is 57.7 Å². The number of rotatable bonds is 6. The number of carbonyl (C=O) groups is 1. The van der Waals surface area contributed by atoms with Gasteiger partial charge in [0.1, 0.15) is 11.4 Å². The molecule has 0 saturated carbocycles. The van der Waals surface area contributed by atoms with Crippen LogP contribution in [0.4, 0.5) is 0 Å². The predicted molar refractivity (Wildman–Crippen MR) is 74.1 cm³/mol. The molecule has 1 aliphatic heterocycles. The number of aromatic nitrogens is 1. The van der Waals surface area contributed by atoms with E-state index in [4.69, 9.17) is 14.2 Å². The summed E-state index contributed by atoms with van der Waals surface area (Å²) in [7, 11) is 1.58. The Kier molecular flexibility index (Phi) is 5.09. The summed E-state index contributed by atoms with van der Waals surface area (Å²) >= 11 is 0. The molecule has 1 saturated heterocycles. The van der Waals surface area contributed by atoms with Crippen LogP contribution in [0.2, 0.25) is 0 Å². The second kappa shape index (κ2) is 6.81. The van der Waals surface area contributed by atoms with E-state index in [9.17, 15) is 4.79 Å². The fraction of sp³-hybridized carbons (Fsp3) is 0.600. The lowest BCUT2D eigenvalue weighted by molar-refractivity contribution is -0.0663. The van der Waals surface area contributed by atoms with Gasteiger partial charge in [0.05, 0.1) is 12.8 Å². The molecule has 0 N–H and O–H groups in total. The van der Waals surface area contributed by atoms with E-state index in [1.807, 2.05) is 6.92 Å². The summed E-state index contributed by atoms with van der Waals surface area (Å²) in [4.78, 5) is 16.8. The third-order valence-electron chi connectivity index (χ3n) is 3.55. The van der Waals surface area contributed by atoms with E-state index in [0.29, 0.717) is 44.0 Å². The number of hydrogen-bond donors (Lipinski definition) is 0. The summed E-state index contributed by atoms with van der Waals surface area (Å²) in [6.07, 6.45) is 5.25. The normalized spacial score (nSPS) is 17.7. The van der Waals surface area contributed by atoms with E-state index < -0.39 is 5.60 Å². The van der Waals surface area contributed by atoms with E-state index in [1.54, 1.807) is 25.6 Å². The van der Waals surface area contributed by atoms with Gasteiger partial charge < -0.3 is 14.2 Å². The van der Waals surface area contributed by atoms with Crippen LogP contribution < -0.4 is 4.74 Å². The SMILES string of the molecule is CCCOc1cncc(C(=O)C2(OC)CCOCC2)c1. The van der Waals surface area contributed by atoms with Gasteiger partial charge in [-0.1, -0.05) is 6.92 Å². The Morgan fingerprint density at radius 3 is 2.80 bits per heavy atom. The van der Waals surface area contributed by atoms with Crippen molar-refractivity contribution in [2.45, 2.75) is 31.8 Å². The van der Waals surface area contributed by atoms with E-state index in [-0.39, 0.29) is 5.78 Å². The Hall–Kier alpha value is -1.46. The van der Waals surface area contributed by atoms with Crippen molar-refractivity contribution < 1.29 is 19.0 Å². The number of ether oxygens (including phenoxy) is 3. The molecule has 0 aromatic carbocycles. The fourth-order valence-corrected chi connectivity index (χ4v) is 2.33. The van der Waals surface area contributed by atoms with Crippen molar-refractivity contribution >= 4 is 5.78 Å². The highest BCUT2D eigenvalue weighted by Gasteiger charge is 2.40. The summed E-state index contributed by atoms with van der Waals surface area (Å²) in [5.41, 5.74) is -0.258. The van der Waals surface area contributed by atoms with Crippen LogP contribution in [0.5, 0.6) is 5.75 Å². The lowest BCUT2D eigenvalue weighted by Gasteiger charge is -2.34. The first-order valence-electron chi connectivity index (χ1n) is 6.97. The summed E-state index contributed by atoms with van der Waals surface area (Å²) < 4.78 is 16.4. The Labute approximate surface area is 119 Å². The number of pyridine rings is 1. The molecule has 2 heterocycles. The van der Waals surface area contributed by atoms with Crippen LogP contribution in [0, 0.1) is 0 Å². The van der Waals surface area contributed by atoms with Crippen LogP contribution in [-0.2, 0) is 9.47 Å². The molecule has 110 valence electrons. The molecule has 0 atom stereocenters. The highest BCUT2D eigenvalue weighted by Crippen LogP contribution is 2.29. The second-order valence-corrected chi connectivity index (χ2v) is 4.90. The van der Waals surface area contributed by atoms with Gasteiger partial charge in [-0.3, -0.25) is 9.78 Å². The number of hydrogen-bond acceptors (Lipinski definition) is 5. The average molecular weight is 279 g/mol. The number of ketones is 1. The number of Topliss-reactive ketones (excluding diaryl/α,β-unsaturated/α-hetero) is 1. The molecule has 1 aliphatic rings. The van der Waals surface area contributed by atoms with Crippen molar-refractivity contribution in [1.29, 1.82) is 0 Å². The Balaban J connectivity index is 2.18. The Morgan fingerprint density at radius 2 is 2.15 bits per heavy atom. The third-order valence-corrected chi connectivity index (χ3v) is 3.55. The van der Waals surface area contributed by atoms with Crippen LogP contribution in [0.3, 0.4) is 0 Å². The number of carbonyl (C=O) groups excluding carboxylic acids is 1. The van der Waals surface area contributed by atoms with Crippen LogP contribution in [0.15, 0.2) is 18.5 Å². The zero-order valence-electron chi connectivity index (χ0n) is 12.1. The zero-order chi connectivity index (χ0) is 14.4. The van der Waals surface area contributed by atoms with Gasteiger partial charge in [0.2, 0.25) is 0 Å². The van der Waals surface area contributed by atoms with Crippen molar-refractivity contribution in [1.82, 2.24) is 4.98 Å². The Bertz CT molecular complexity index is 455. The molecule has 0 unspecified atom stereocenters. The summed E-state index contributed by atoms with van der Waals surface area (Å²) in [5, 5.41) is 0. The molecule has 1 fully saturated rings. The van der Waals surface area contributed by atoms with Gasteiger partial charge in [0.15, 0.2) is 5.78 Å². The van der Waals surface area contributed by atoms with Crippen LogP contribution in [-0.4, -0.2) is 43.3 Å². The summed E-state index contributed by atoms with van der Waals surface area (Å²) in [5.74, 6) is 0.578. The third kappa shape index (κ3) is 3.16. The molecule has 0 aliphatic carbocycles. The van der Waals surface area contributed by atoms with Gasteiger partial charge in [-0.05, 0) is 12.5 Å². The summed E-state index contributed by atoms with van der Waals surface area (Å²) in [6, 6.07) is 1.74. The van der Waals surface area contributed by atoms with Gasteiger partial charge in [-0.15, -0.1) is 0 Å². The van der Waals surface area contributed by atoms with Crippen LogP contribution in [0.25, 0.3) is 0 Å². The first-order valence-corrected chi connectivity index (χ1v) is 6.97. The molecule has 1 aromatic heterocycles. The number of methoxy groups -OCH3 is 1. The van der Waals surface area contributed by atoms with Crippen molar-refractivity contribution in [3.05, 3.63) is 24.0 Å². The van der Waals surface area contributed by atoms with Crippen molar-refractivity contribution in [2.75, 3.05) is 26.9 Å². The molecule has 20 heavy (non-hydrogen) atoms. The summed E-state index contributed by atoms with van der Waals surface area (Å²) in [6.45, 7) is 3.73. The monoisotopic (exact) mass is 279 g/mol. The molecule has 5 nitrogen and oxygen atoms in total. The minimum atomic E-state index is -0.788. The highest BCUT2D eigenvalue weighted by atomic mass is 16.5. The first-order chi connectivity index (χ1) is 9.72. The fourth-order valence-electron chi connectivity index (χ4n) is 2.33. The smallest absolute Gasteiger partial charge is 0.196 e. The van der Waals surface area contributed by atoms with Gasteiger partial charge in [0, 0.05) is 44.9 Å². The maximum Gasteiger partial charge on any atom is 0.196 e. The minimum absolute atomic E-state index is 0.0438. The maximum absolute atomic E-state index is 12.7. The van der Waals surface area contributed by atoms with Gasteiger partial charge in [0.25, 0.3) is 0 Å². The quantitative estimate of drug-likeness (QED) is 0.747. The minimum Gasteiger partial charge on any atom is -0.492 e. The van der Waals surface area contributed by atoms with Crippen molar-refractivity contribution in [2.24, 2.45) is 0 Å². The zero-order valence-corrected chi connectivity index (χ0v) is 12.1. The van der Waals surface area contributed by atoms with Crippen molar-refractivity contribution in [3.63, 3.8) is 0 Å². The molecule has 0 bridgehead atoms. The number of nitrogens with zero attached hydrogens (tertiary/aromatic N) is 1. The van der Waals surface area contributed by atoms with E-state index in [0.717, 1.165) is 6.42 Å². The van der Waals surface area contributed by atoms with Crippen LogP contribution in [0.1, 0.15) is 36.5 Å². The average Bonchev–Trinajstić information content (AvgIpc) is 2.53. The molecule has 0 spiro atoms. The maximum atomic E-state index is 12.7. The molecule has 1 aromatic rings. The highest BCUT2D eigenvalue weighted by molar-refractivity contribution is 6.02. The van der Waals surface area contributed by atoms with E-state index >= 15 is 0 Å². The molecule has 0 radical (unpaired) electrons. The second-order valence-electron chi connectivity index (χ2n) is 4.90. The molecular weight excluding hydrogens is 258 g/mol. The molecule has 5 heteroatoms. The lowest BCUT2D eigenvalue weighted by atomic mass is 9.86. The van der Waals surface area contributed by atoms with Crippen molar-refractivity contribution in [3.8, 4) is 5.75 Å². The van der Waals surface area contributed by atoms with Crippen LogP contribution >= 0.6 is 0 Å². The van der Waals surface area contributed by atoms with E-state index in [2.05, 4.69) is 4.98 Å². The van der Waals surface area contributed by atoms with Gasteiger partial charge in [-0.2, -0.15) is 0 Å². The van der Waals surface area contributed by atoms with E-state index in [1.165, 1.54) is 0 Å². The molecular formula is C15H21NO4. The molecule has 2 rings (SSSR count). The first kappa shape index (κ1) is 14.9. The Morgan fingerprint density at radius 1 is 1.40 bits per heavy atom. The van der Waals surface area contributed by atoms with Gasteiger partial charge >= 0.3 is 0 Å².